The van der Waals surface area contributed by atoms with Gasteiger partial charge in [-0.1, -0.05) is 24.3 Å². The minimum absolute atomic E-state index is 0.0862. The fourth-order valence-corrected chi connectivity index (χ4v) is 4.08. The first-order valence-electron chi connectivity index (χ1n) is 9.25. The van der Waals surface area contributed by atoms with E-state index < -0.39 is 17.5 Å². The summed E-state index contributed by atoms with van der Waals surface area (Å²) in [6, 6.07) is 13.3. The van der Waals surface area contributed by atoms with Gasteiger partial charge in [0.1, 0.15) is 12.2 Å². The highest BCUT2D eigenvalue weighted by Crippen LogP contribution is 2.43. The number of carbonyl (C=O) groups excluding carboxylic acids is 4. The number of nitrogens with one attached hydrogen (secondary N) is 1. The van der Waals surface area contributed by atoms with Gasteiger partial charge < -0.3 is 16.0 Å². The summed E-state index contributed by atoms with van der Waals surface area (Å²) in [6.07, 6.45) is 0.720. The molecule has 3 N–H and O–H groups in total. The fraction of sp³-hybridized carbons (Fsp3) is 0.238. The van der Waals surface area contributed by atoms with Gasteiger partial charge in [-0.15, -0.1) is 0 Å². The molecule has 0 aromatic heterocycles. The summed E-state index contributed by atoms with van der Waals surface area (Å²) >= 11 is 0. The molecule has 0 bridgehead atoms. The molecule has 1 atom stereocenters. The molecular weight excluding hydrogens is 372 g/mol. The van der Waals surface area contributed by atoms with Crippen LogP contribution in [0.15, 0.2) is 48.5 Å². The lowest BCUT2D eigenvalue weighted by molar-refractivity contribution is -0.120. The second-order valence-corrected chi connectivity index (χ2v) is 7.31. The first-order valence-corrected chi connectivity index (χ1v) is 9.25. The van der Waals surface area contributed by atoms with Crippen molar-refractivity contribution in [2.24, 2.45) is 5.73 Å². The minimum atomic E-state index is -0.928. The van der Waals surface area contributed by atoms with Gasteiger partial charge in [0.2, 0.25) is 11.8 Å². The zero-order valence-electron chi connectivity index (χ0n) is 15.8. The molecule has 0 aliphatic carbocycles. The molecule has 2 aromatic rings. The van der Waals surface area contributed by atoms with E-state index in [0.717, 1.165) is 0 Å². The summed E-state index contributed by atoms with van der Waals surface area (Å²) in [5.41, 5.74) is 5.84. The predicted molar refractivity (Wildman–Crippen MR) is 106 cm³/mol. The van der Waals surface area contributed by atoms with Crippen molar-refractivity contribution in [1.82, 2.24) is 4.90 Å². The van der Waals surface area contributed by atoms with E-state index in [1.165, 1.54) is 11.0 Å². The lowest BCUT2D eigenvalue weighted by Gasteiger charge is -2.48. The Morgan fingerprint density at radius 1 is 1.10 bits per heavy atom. The number of hydrogen-bond donors (Lipinski definition) is 2. The van der Waals surface area contributed by atoms with Crippen LogP contribution >= 0.6 is 0 Å². The molecule has 0 radical (unpaired) electrons. The number of anilines is 2. The molecule has 148 valence electrons. The van der Waals surface area contributed by atoms with Crippen molar-refractivity contribution in [3.8, 4) is 0 Å². The molecule has 4 amide bonds. The Morgan fingerprint density at radius 2 is 1.79 bits per heavy atom. The maximum Gasteiger partial charge on any atom is 0.258 e. The van der Waals surface area contributed by atoms with Crippen LogP contribution in [0.3, 0.4) is 0 Å². The SMILES string of the molecule is CC12CCC(=O)N1c1ccccc1C(=O)N2CC(=O)Nc1ccccc1C(N)=O. The Labute approximate surface area is 167 Å². The largest absolute Gasteiger partial charge is 0.366 e. The smallest absolute Gasteiger partial charge is 0.258 e. The first-order chi connectivity index (χ1) is 13.8. The molecule has 2 aromatic carbocycles. The minimum Gasteiger partial charge on any atom is -0.366 e. The highest BCUT2D eigenvalue weighted by atomic mass is 16.2. The van der Waals surface area contributed by atoms with Crippen molar-refractivity contribution in [3.05, 3.63) is 59.7 Å². The molecule has 2 heterocycles. The van der Waals surface area contributed by atoms with Gasteiger partial charge in [-0.3, -0.25) is 24.1 Å². The van der Waals surface area contributed by atoms with Crippen LogP contribution in [0.2, 0.25) is 0 Å². The molecule has 2 aliphatic heterocycles. The molecule has 2 aliphatic rings. The summed E-state index contributed by atoms with van der Waals surface area (Å²) in [7, 11) is 0. The molecular formula is C21H20N4O4. The maximum atomic E-state index is 13.2. The number of primary amides is 1. The van der Waals surface area contributed by atoms with Crippen LogP contribution in [-0.2, 0) is 9.59 Å². The standard InChI is InChI=1S/C21H20N4O4/c1-21-11-10-18(27)25(21)16-9-5-3-7-14(16)20(29)24(21)12-17(26)23-15-8-4-2-6-13(15)19(22)28/h2-9H,10-12H2,1H3,(H2,22,28)(H,23,26). The van der Waals surface area contributed by atoms with Crippen molar-refractivity contribution in [3.63, 3.8) is 0 Å². The average molecular weight is 392 g/mol. The van der Waals surface area contributed by atoms with Crippen molar-refractivity contribution >= 4 is 35.0 Å². The normalized spacial score (nSPS) is 20.3. The Hall–Kier alpha value is -3.68. The highest BCUT2D eigenvalue weighted by Gasteiger charge is 2.53. The summed E-state index contributed by atoms with van der Waals surface area (Å²) in [5, 5.41) is 2.65. The summed E-state index contributed by atoms with van der Waals surface area (Å²) in [5.74, 6) is -1.54. The maximum absolute atomic E-state index is 13.2. The number of para-hydroxylation sites is 2. The number of benzene rings is 2. The van der Waals surface area contributed by atoms with E-state index in [9.17, 15) is 19.2 Å². The lowest BCUT2D eigenvalue weighted by Crippen LogP contribution is -2.63. The Balaban J connectivity index is 1.65. The van der Waals surface area contributed by atoms with Crippen LogP contribution in [0.4, 0.5) is 11.4 Å². The zero-order valence-corrected chi connectivity index (χ0v) is 15.8. The number of fused-ring (bicyclic) bond motifs is 3. The van der Waals surface area contributed by atoms with Gasteiger partial charge in [0, 0.05) is 6.42 Å². The third-order valence-electron chi connectivity index (χ3n) is 5.51. The topological polar surface area (TPSA) is 113 Å². The zero-order chi connectivity index (χ0) is 20.8. The molecule has 8 nitrogen and oxygen atoms in total. The van der Waals surface area contributed by atoms with Crippen molar-refractivity contribution in [2.75, 3.05) is 16.8 Å². The monoisotopic (exact) mass is 392 g/mol. The molecule has 29 heavy (non-hydrogen) atoms. The number of hydrogen-bond acceptors (Lipinski definition) is 4. The molecule has 0 spiro atoms. The highest BCUT2D eigenvalue weighted by molar-refractivity contribution is 6.12. The fourth-order valence-electron chi connectivity index (χ4n) is 4.08. The van der Waals surface area contributed by atoms with Crippen molar-refractivity contribution in [2.45, 2.75) is 25.4 Å². The Morgan fingerprint density at radius 3 is 2.55 bits per heavy atom. The molecule has 0 saturated carbocycles. The van der Waals surface area contributed by atoms with Crippen LogP contribution < -0.4 is 16.0 Å². The molecule has 1 saturated heterocycles. The summed E-state index contributed by atoms with van der Waals surface area (Å²) in [6.45, 7) is 1.52. The second-order valence-electron chi connectivity index (χ2n) is 7.31. The Kier molecular flexibility index (Phi) is 4.34. The van der Waals surface area contributed by atoms with Gasteiger partial charge in [0.25, 0.3) is 11.8 Å². The third kappa shape index (κ3) is 2.93. The number of carbonyl (C=O) groups is 4. The van der Waals surface area contributed by atoms with Gasteiger partial charge in [-0.05, 0) is 37.6 Å². The number of amides is 4. The van der Waals surface area contributed by atoms with Crippen LogP contribution in [0, 0.1) is 0 Å². The summed E-state index contributed by atoms with van der Waals surface area (Å²) < 4.78 is 0. The van der Waals surface area contributed by atoms with E-state index in [2.05, 4.69) is 5.32 Å². The van der Waals surface area contributed by atoms with Crippen molar-refractivity contribution < 1.29 is 19.2 Å². The van der Waals surface area contributed by atoms with E-state index in [0.29, 0.717) is 24.1 Å². The second kappa shape index (κ2) is 6.73. The van der Waals surface area contributed by atoms with Gasteiger partial charge in [0.15, 0.2) is 0 Å². The Bertz CT molecular complexity index is 1050. The van der Waals surface area contributed by atoms with Crippen LogP contribution in [0.1, 0.15) is 40.5 Å². The molecule has 8 heteroatoms. The first kappa shape index (κ1) is 18.7. The molecule has 4 rings (SSSR count). The predicted octanol–water partition coefficient (Wildman–Crippen LogP) is 1.72. The van der Waals surface area contributed by atoms with E-state index in [1.807, 2.05) is 0 Å². The molecule has 1 fully saturated rings. The van der Waals surface area contributed by atoms with E-state index in [-0.39, 0.29) is 29.6 Å². The van der Waals surface area contributed by atoms with Crippen LogP contribution in [-0.4, -0.2) is 40.7 Å². The lowest BCUT2D eigenvalue weighted by atomic mass is 9.98. The molecule has 1 unspecified atom stereocenters. The van der Waals surface area contributed by atoms with E-state index in [4.69, 9.17) is 5.73 Å². The van der Waals surface area contributed by atoms with Gasteiger partial charge in [0.05, 0.1) is 22.5 Å². The van der Waals surface area contributed by atoms with Gasteiger partial charge in [-0.2, -0.15) is 0 Å². The summed E-state index contributed by atoms with van der Waals surface area (Å²) in [4.78, 5) is 53.1. The number of nitrogens with two attached hydrogens (primary N) is 1. The van der Waals surface area contributed by atoms with Crippen LogP contribution in [0.25, 0.3) is 0 Å². The average Bonchev–Trinajstić information content (AvgIpc) is 3.01. The van der Waals surface area contributed by atoms with E-state index in [1.54, 1.807) is 54.3 Å². The third-order valence-corrected chi connectivity index (χ3v) is 5.51. The van der Waals surface area contributed by atoms with Crippen molar-refractivity contribution in [1.29, 1.82) is 0 Å². The number of rotatable bonds is 4. The number of nitrogens with zero attached hydrogens (tertiary/aromatic N) is 2. The van der Waals surface area contributed by atoms with E-state index >= 15 is 0 Å². The quantitative estimate of drug-likeness (QED) is 0.825. The van der Waals surface area contributed by atoms with Gasteiger partial charge >= 0.3 is 0 Å². The van der Waals surface area contributed by atoms with Gasteiger partial charge in [-0.25, -0.2) is 0 Å². The van der Waals surface area contributed by atoms with Crippen LogP contribution in [0.5, 0.6) is 0 Å².